The molecule has 1 atom stereocenters. The van der Waals surface area contributed by atoms with Crippen molar-refractivity contribution in [2.75, 3.05) is 32.8 Å². The third kappa shape index (κ3) is 5.13. The van der Waals surface area contributed by atoms with Gasteiger partial charge in [-0.25, -0.2) is 0 Å². The Morgan fingerprint density at radius 1 is 1.38 bits per heavy atom. The first-order valence-electron chi connectivity index (χ1n) is 8.00. The highest BCUT2D eigenvalue weighted by Crippen LogP contribution is 2.30. The molecule has 120 valence electrons. The van der Waals surface area contributed by atoms with Crippen LogP contribution in [0.4, 0.5) is 0 Å². The van der Waals surface area contributed by atoms with Gasteiger partial charge < -0.3 is 14.5 Å². The molecule has 0 bridgehead atoms. The van der Waals surface area contributed by atoms with Crippen LogP contribution in [0.15, 0.2) is 22.8 Å². The number of hydrogen-bond donors (Lipinski definition) is 1. The van der Waals surface area contributed by atoms with E-state index in [0.29, 0.717) is 0 Å². The van der Waals surface area contributed by atoms with E-state index in [4.69, 9.17) is 9.15 Å². The number of ether oxygens (including phenoxy) is 1. The lowest BCUT2D eigenvalue weighted by atomic mass is 9.85. The van der Waals surface area contributed by atoms with Crippen LogP contribution in [-0.2, 0) is 11.3 Å². The molecule has 1 N–H and O–H groups in total. The Labute approximate surface area is 128 Å². The van der Waals surface area contributed by atoms with Gasteiger partial charge in [0.15, 0.2) is 0 Å². The number of hydrogen-bond acceptors (Lipinski definition) is 4. The summed E-state index contributed by atoms with van der Waals surface area (Å²) in [6.45, 7) is 14.6. The first-order valence-corrected chi connectivity index (χ1v) is 8.00. The fraction of sp³-hybridized carbons (Fsp3) is 0.765. The van der Waals surface area contributed by atoms with Crippen LogP contribution in [0.3, 0.4) is 0 Å². The van der Waals surface area contributed by atoms with E-state index in [1.807, 2.05) is 12.1 Å². The van der Waals surface area contributed by atoms with Crippen LogP contribution in [0.25, 0.3) is 0 Å². The van der Waals surface area contributed by atoms with Gasteiger partial charge in [-0.1, -0.05) is 6.92 Å². The molecule has 0 aliphatic carbocycles. The average molecular weight is 294 g/mol. The first kappa shape index (κ1) is 16.5. The Kier molecular flexibility index (Phi) is 5.47. The van der Waals surface area contributed by atoms with Gasteiger partial charge in [0.2, 0.25) is 0 Å². The van der Waals surface area contributed by atoms with Crippen molar-refractivity contribution in [1.29, 1.82) is 0 Å². The first-order chi connectivity index (χ1) is 9.92. The summed E-state index contributed by atoms with van der Waals surface area (Å²) in [6.07, 6.45) is 2.88. The Hall–Kier alpha value is -0.840. The van der Waals surface area contributed by atoms with Crippen molar-refractivity contribution < 1.29 is 9.15 Å². The molecule has 4 nitrogen and oxygen atoms in total. The quantitative estimate of drug-likeness (QED) is 0.839. The second kappa shape index (κ2) is 6.95. The Balaban J connectivity index is 1.96. The van der Waals surface area contributed by atoms with Gasteiger partial charge in [0.05, 0.1) is 19.4 Å². The predicted octanol–water partition coefficient (Wildman–Crippen LogP) is 2.90. The van der Waals surface area contributed by atoms with Crippen molar-refractivity contribution in [2.24, 2.45) is 5.41 Å². The molecule has 1 saturated heterocycles. The Morgan fingerprint density at radius 2 is 2.19 bits per heavy atom. The van der Waals surface area contributed by atoms with Crippen LogP contribution < -0.4 is 5.32 Å². The summed E-state index contributed by atoms with van der Waals surface area (Å²) in [4.78, 5) is 2.46. The van der Waals surface area contributed by atoms with Gasteiger partial charge in [0.1, 0.15) is 5.76 Å². The molecule has 1 unspecified atom stereocenters. The van der Waals surface area contributed by atoms with Crippen molar-refractivity contribution in [3.63, 3.8) is 0 Å². The number of rotatable bonds is 7. The molecule has 2 heterocycles. The summed E-state index contributed by atoms with van der Waals surface area (Å²) in [7, 11) is 0. The van der Waals surface area contributed by atoms with Gasteiger partial charge in [0.25, 0.3) is 0 Å². The van der Waals surface area contributed by atoms with Crippen molar-refractivity contribution in [3.8, 4) is 0 Å². The van der Waals surface area contributed by atoms with Crippen molar-refractivity contribution >= 4 is 0 Å². The van der Waals surface area contributed by atoms with E-state index in [2.05, 4.69) is 37.9 Å². The highest BCUT2D eigenvalue weighted by Gasteiger charge is 2.37. The molecule has 0 saturated carbocycles. The molecule has 0 spiro atoms. The van der Waals surface area contributed by atoms with Crippen LogP contribution >= 0.6 is 0 Å². The molecule has 1 aliphatic rings. The summed E-state index contributed by atoms with van der Waals surface area (Å²) >= 11 is 0. The summed E-state index contributed by atoms with van der Waals surface area (Å²) in [5.41, 5.74) is 0.365. The summed E-state index contributed by atoms with van der Waals surface area (Å²) in [5.74, 6) is 1.04. The highest BCUT2D eigenvalue weighted by molar-refractivity contribution is 4.99. The molecule has 1 aromatic heterocycles. The maximum absolute atomic E-state index is 5.72. The van der Waals surface area contributed by atoms with Crippen molar-refractivity contribution in [1.82, 2.24) is 10.2 Å². The van der Waals surface area contributed by atoms with E-state index < -0.39 is 0 Å². The topological polar surface area (TPSA) is 37.6 Å². The molecule has 1 aromatic rings. The predicted molar refractivity (Wildman–Crippen MR) is 85.3 cm³/mol. The zero-order valence-corrected chi connectivity index (χ0v) is 13.9. The van der Waals surface area contributed by atoms with E-state index in [9.17, 15) is 0 Å². The lowest BCUT2D eigenvalue weighted by Crippen LogP contribution is -2.49. The third-order valence-corrected chi connectivity index (χ3v) is 4.14. The van der Waals surface area contributed by atoms with E-state index >= 15 is 0 Å². The summed E-state index contributed by atoms with van der Waals surface area (Å²) in [5, 5.41) is 3.66. The van der Waals surface area contributed by atoms with Crippen LogP contribution in [0.5, 0.6) is 0 Å². The zero-order valence-electron chi connectivity index (χ0n) is 13.9. The largest absolute Gasteiger partial charge is 0.468 e. The molecule has 2 rings (SSSR count). The van der Waals surface area contributed by atoms with Crippen LogP contribution in [0, 0.1) is 5.41 Å². The van der Waals surface area contributed by atoms with Gasteiger partial charge in [-0.05, 0) is 45.9 Å². The number of nitrogens with one attached hydrogen (secondary N) is 1. The molecular weight excluding hydrogens is 264 g/mol. The lowest BCUT2D eigenvalue weighted by Gasteiger charge is -2.36. The average Bonchev–Trinajstić information content (AvgIpc) is 3.07. The molecule has 0 amide bonds. The SMILES string of the molecule is CCN(Cc1ccco1)CC1(CNC(C)(C)C)CCOC1. The van der Waals surface area contributed by atoms with Crippen molar-refractivity contribution in [2.45, 2.75) is 46.2 Å². The Morgan fingerprint density at radius 3 is 2.71 bits per heavy atom. The molecule has 1 aliphatic heterocycles. The number of nitrogens with zero attached hydrogens (tertiary/aromatic N) is 1. The van der Waals surface area contributed by atoms with Crippen LogP contribution in [-0.4, -0.2) is 43.3 Å². The summed E-state index contributed by atoms with van der Waals surface area (Å²) < 4.78 is 11.2. The molecule has 4 heteroatoms. The maximum atomic E-state index is 5.72. The minimum atomic E-state index is 0.146. The van der Waals surface area contributed by atoms with E-state index in [-0.39, 0.29) is 11.0 Å². The van der Waals surface area contributed by atoms with Gasteiger partial charge in [-0.15, -0.1) is 0 Å². The fourth-order valence-corrected chi connectivity index (χ4v) is 2.80. The third-order valence-electron chi connectivity index (χ3n) is 4.14. The van der Waals surface area contributed by atoms with E-state index in [1.54, 1.807) is 6.26 Å². The second-order valence-corrected chi connectivity index (χ2v) is 7.29. The van der Waals surface area contributed by atoms with E-state index in [0.717, 1.165) is 51.6 Å². The molecule has 0 radical (unpaired) electrons. The molecule has 1 fully saturated rings. The highest BCUT2D eigenvalue weighted by atomic mass is 16.5. The monoisotopic (exact) mass is 294 g/mol. The smallest absolute Gasteiger partial charge is 0.117 e. The van der Waals surface area contributed by atoms with Gasteiger partial charge in [-0.3, -0.25) is 4.90 Å². The van der Waals surface area contributed by atoms with Gasteiger partial charge in [0, 0.05) is 30.7 Å². The molecular formula is C17H30N2O2. The zero-order chi connectivity index (χ0) is 15.3. The van der Waals surface area contributed by atoms with Crippen LogP contribution in [0.1, 0.15) is 39.9 Å². The lowest BCUT2D eigenvalue weighted by molar-refractivity contribution is 0.0985. The van der Waals surface area contributed by atoms with Gasteiger partial charge in [-0.2, -0.15) is 0 Å². The molecule has 21 heavy (non-hydrogen) atoms. The van der Waals surface area contributed by atoms with E-state index in [1.165, 1.54) is 0 Å². The van der Waals surface area contributed by atoms with Crippen LogP contribution in [0.2, 0.25) is 0 Å². The minimum Gasteiger partial charge on any atom is -0.468 e. The summed E-state index contributed by atoms with van der Waals surface area (Å²) in [6, 6.07) is 4.01. The number of furan rings is 1. The minimum absolute atomic E-state index is 0.146. The normalized spacial score (nSPS) is 23.1. The standard InChI is InChI=1S/C17H30N2O2/c1-5-19(11-15-7-6-9-21-15)13-17(8-10-20-14-17)12-18-16(2,3)4/h6-7,9,18H,5,8,10-14H2,1-4H3. The fourth-order valence-electron chi connectivity index (χ4n) is 2.80. The van der Waals surface area contributed by atoms with Crippen molar-refractivity contribution in [3.05, 3.63) is 24.2 Å². The second-order valence-electron chi connectivity index (χ2n) is 7.29. The Bertz CT molecular complexity index is 403. The molecule has 0 aromatic carbocycles. The maximum Gasteiger partial charge on any atom is 0.117 e. The van der Waals surface area contributed by atoms with Gasteiger partial charge >= 0.3 is 0 Å².